The molecule has 6 heteroatoms. The second-order valence-electron chi connectivity index (χ2n) is 21.9. The van der Waals surface area contributed by atoms with Gasteiger partial charge in [-0.3, -0.25) is 14.4 Å². The van der Waals surface area contributed by atoms with Gasteiger partial charge in [-0.25, -0.2) is 0 Å². The lowest BCUT2D eigenvalue weighted by Crippen LogP contribution is -2.30. The Kier molecular flexibility index (Phi) is 56.0. The third-order valence-corrected chi connectivity index (χ3v) is 14.9. The Morgan fingerprint density at radius 2 is 0.507 bits per heavy atom. The second-order valence-corrected chi connectivity index (χ2v) is 21.9. The fourth-order valence-corrected chi connectivity index (χ4v) is 9.78. The van der Waals surface area contributed by atoms with Crippen molar-refractivity contribution < 1.29 is 28.6 Å². The van der Waals surface area contributed by atoms with E-state index in [-0.39, 0.29) is 31.1 Å². The van der Waals surface area contributed by atoms with Crippen molar-refractivity contribution >= 4 is 17.9 Å². The summed E-state index contributed by atoms with van der Waals surface area (Å²) in [5, 5.41) is 0. The van der Waals surface area contributed by atoms with Crippen LogP contribution in [0, 0.1) is 5.92 Å². The van der Waals surface area contributed by atoms with Crippen molar-refractivity contribution in [1.82, 2.24) is 0 Å². The van der Waals surface area contributed by atoms with Crippen LogP contribution in [0.2, 0.25) is 0 Å². The van der Waals surface area contributed by atoms with Gasteiger partial charge in [0.1, 0.15) is 13.2 Å². The zero-order valence-corrected chi connectivity index (χ0v) is 47.3. The molecule has 0 heterocycles. The molecule has 0 aliphatic heterocycles. The van der Waals surface area contributed by atoms with Crippen LogP contribution in [0.4, 0.5) is 0 Å². The summed E-state index contributed by atoms with van der Waals surface area (Å²) in [7, 11) is 0. The topological polar surface area (TPSA) is 78.9 Å². The monoisotopic (exact) mass is 975 g/mol. The largest absolute Gasteiger partial charge is 0.462 e. The van der Waals surface area contributed by atoms with E-state index >= 15 is 0 Å². The maximum atomic E-state index is 12.9. The second kappa shape index (κ2) is 57.3. The van der Waals surface area contributed by atoms with Gasteiger partial charge in [0.05, 0.1) is 0 Å². The first-order valence-corrected chi connectivity index (χ1v) is 31.4. The molecule has 0 bridgehead atoms. The Morgan fingerprint density at radius 1 is 0.290 bits per heavy atom. The summed E-state index contributed by atoms with van der Waals surface area (Å²) >= 11 is 0. The summed E-state index contributed by atoms with van der Waals surface area (Å²) in [6.45, 7) is 9.12. The first-order valence-electron chi connectivity index (χ1n) is 31.4. The van der Waals surface area contributed by atoms with E-state index in [4.69, 9.17) is 14.2 Å². The molecule has 410 valence electrons. The Balaban J connectivity index is 4.22. The number of hydrogen-bond acceptors (Lipinski definition) is 6. The molecule has 0 saturated heterocycles. The minimum atomic E-state index is -0.762. The van der Waals surface area contributed by atoms with Crippen molar-refractivity contribution in [3.05, 3.63) is 0 Å². The first kappa shape index (κ1) is 67.4. The molecule has 2 atom stereocenters. The van der Waals surface area contributed by atoms with E-state index in [1.165, 1.54) is 257 Å². The van der Waals surface area contributed by atoms with E-state index in [2.05, 4.69) is 27.7 Å². The Labute approximate surface area is 431 Å². The smallest absolute Gasteiger partial charge is 0.306 e. The van der Waals surface area contributed by atoms with E-state index in [1.807, 2.05) is 0 Å². The average molecular weight is 976 g/mol. The highest BCUT2D eigenvalue weighted by atomic mass is 16.6. The average Bonchev–Trinajstić information content (AvgIpc) is 3.35. The number of esters is 3. The van der Waals surface area contributed by atoms with Crippen molar-refractivity contribution in [2.24, 2.45) is 5.92 Å². The van der Waals surface area contributed by atoms with E-state index in [1.54, 1.807) is 0 Å². The summed E-state index contributed by atoms with van der Waals surface area (Å²) in [5.41, 5.74) is 0. The molecule has 1 unspecified atom stereocenters. The van der Waals surface area contributed by atoms with Gasteiger partial charge < -0.3 is 14.2 Å². The Bertz CT molecular complexity index is 1040. The van der Waals surface area contributed by atoms with Crippen molar-refractivity contribution in [2.75, 3.05) is 13.2 Å². The van der Waals surface area contributed by atoms with Crippen LogP contribution in [0.25, 0.3) is 0 Å². The predicted octanol–water partition coefficient (Wildman–Crippen LogP) is 21.0. The molecule has 0 aromatic heterocycles. The fourth-order valence-electron chi connectivity index (χ4n) is 9.78. The number of unbranched alkanes of at least 4 members (excludes halogenated alkanes) is 44. The van der Waals surface area contributed by atoms with Crippen molar-refractivity contribution in [1.29, 1.82) is 0 Å². The molecule has 0 radical (unpaired) electrons. The van der Waals surface area contributed by atoms with Gasteiger partial charge in [0.2, 0.25) is 0 Å². The normalized spacial score (nSPS) is 12.3. The molecule has 0 spiro atoms. The lowest BCUT2D eigenvalue weighted by atomic mass is 9.99. The molecule has 6 nitrogen and oxygen atoms in total. The molecule has 0 aromatic rings. The lowest BCUT2D eigenvalue weighted by Gasteiger charge is -2.18. The van der Waals surface area contributed by atoms with Crippen LogP contribution in [-0.4, -0.2) is 37.2 Å². The molecule has 0 N–H and O–H groups in total. The first-order chi connectivity index (χ1) is 33.9. The van der Waals surface area contributed by atoms with Gasteiger partial charge in [0.25, 0.3) is 0 Å². The summed E-state index contributed by atoms with van der Waals surface area (Å²) < 4.78 is 16.9. The highest BCUT2D eigenvalue weighted by Crippen LogP contribution is 2.19. The van der Waals surface area contributed by atoms with Crippen LogP contribution in [-0.2, 0) is 28.6 Å². The molecular formula is C63H122O6. The number of hydrogen-bond donors (Lipinski definition) is 0. The fraction of sp³-hybridized carbons (Fsp3) is 0.952. The molecule has 0 aromatic carbocycles. The van der Waals surface area contributed by atoms with Gasteiger partial charge in [-0.2, -0.15) is 0 Å². The summed E-state index contributed by atoms with van der Waals surface area (Å²) in [5.74, 6) is 0.0807. The maximum absolute atomic E-state index is 12.9. The van der Waals surface area contributed by atoms with Gasteiger partial charge in [-0.1, -0.05) is 323 Å². The maximum Gasteiger partial charge on any atom is 0.306 e. The van der Waals surface area contributed by atoms with Crippen LogP contribution in [0.15, 0.2) is 0 Å². The molecule has 0 fully saturated rings. The van der Waals surface area contributed by atoms with E-state index in [0.29, 0.717) is 19.3 Å². The molecule has 0 rings (SSSR count). The van der Waals surface area contributed by atoms with Gasteiger partial charge >= 0.3 is 17.9 Å². The van der Waals surface area contributed by atoms with Crippen molar-refractivity contribution in [3.8, 4) is 0 Å². The van der Waals surface area contributed by atoms with E-state index in [9.17, 15) is 14.4 Å². The summed E-state index contributed by atoms with van der Waals surface area (Å²) in [4.78, 5) is 38.2. The highest BCUT2D eigenvalue weighted by Gasteiger charge is 2.19. The Hall–Kier alpha value is -1.59. The van der Waals surface area contributed by atoms with Gasteiger partial charge in [0.15, 0.2) is 6.10 Å². The summed E-state index contributed by atoms with van der Waals surface area (Å²) in [6, 6.07) is 0. The third kappa shape index (κ3) is 55.6. The minimum absolute atomic E-state index is 0.0613. The van der Waals surface area contributed by atoms with Crippen LogP contribution >= 0.6 is 0 Å². The standard InChI is InChI=1S/C63H122O6/c1-5-8-10-12-14-16-18-20-21-27-31-34-38-42-46-50-54-61(64)67-57-60(69-63(66)56-52-48-44-40-36-29-19-17-15-13-11-9-6-2)58-68-62(65)55-51-47-43-39-35-32-28-25-23-22-24-26-30-33-37-41-45-49-53-59(4)7-3/h59-60H,5-58H2,1-4H3/t59?,60-/m1/s1. The van der Waals surface area contributed by atoms with Gasteiger partial charge in [0, 0.05) is 19.3 Å². The highest BCUT2D eigenvalue weighted by molar-refractivity contribution is 5.71. The SMILES string of the molecule is CCCCCCCCCCCCCCCCCCC(=O)OC[C@H](COC(=O)CCCCCCCCCCCCCCCCCCCCC(C)CC)OC(=O)CCCCCCCCCCCCCCC. The number of carbonyl (C=O) groups is 3. The molecule has 0 aliphatic rings. The van der Waals surface area contributed by atoms with Crippen LogP contribution < -0.4 is 0 Å². The molecule has 0 aliphatic carbocycles. The quantitative estimate of drug-likeness (QED) is 0.0343. The zero-order valence-electron chi connectivity index (χ0n) is 47.3. The number of ether oxygens (including phenoxy) is 3. The van der Waals surface area contributed by atoms with Gasteiger partial charge in [-0.15, -0.1) is 0 Å². The van der Waals surface area contributed by atoms with Crippen LogP contribution in [0.1, 0.15) is 362 Å². The number of carbonyl (C=O) groups excluding carboxylic acids is 3. The zero-order chi connectivity index (χ0) is 50.2. The van der Waals surface area contributed by atoms with Crippen LogP contribution in [0.5, 0.6) is 0 Å². The lowest BCUT2D eigenvalue weighted by molar-refractivity contribution is -0.167. The number of rotatable bonds is 58. The van der Waals surface area contributed by atoms with E-state index < -0.39 is 6.10 Å². The predicted molar refractivity (Wildman–Crippen MR) is 298 cm³/mol. The van der Waals surface area contributed by atoms with Crippen LogP contribution in [0.3, 0.4) is 0 Å². The van der Waals surface area contributed by atoms with E-state index in [0.717, 1.165) is 63.7 Å². The minimum Gasteiger partial charge on any atom is -0.462 e. The molecule has 0 saturated carbocycles. The van der Waals surface area contributed by atoms with Crippen molar-refractivity contribution in [3.63, 3.8) is 0 Å². The Morgan fingerprint density at radius 3 is 0.754 bits per heavy atom. The van der Waals surface area contributed by atoms with Crippen molar-refractivity contribution in [2.45, 2.75) is 368 Å². The molecular weight excluding hydrogens is 853 g/mol. The molecule has 69 heavy (non-hydrogen) atoms. The third-order valence-electron chi connectivity index (χ3n) is 14.9. The summed E-state index contributed by atoms with van der Waals surface area (Å²) in [6.07, 6.45) is 63.8. The van der Waals surface area contributed by atoms with Gasteiger partial charge in [-0.05, 0) is 25.2 Å². The molecule has 0 amide bonds.